The van der Waals surface area contributed by atoms with E-state index < -0.39 is 0 Å². The van der Waals surface area contributed by atoms with Gasteiger partial charge in [-0.3, -0.25) is 4.98 Å². The van der Waals surface area contributed by atoms with Crippen molar-refractivity contribution in [2.75, 3.05) is 0 Å². The molecular formula is C11H13FN4. The second-order valence-corrected chi connectivity index (χ2v) is 3.59. The molecule has 0 aliphatic heterocycles. The molecule has 0 saturated carbocycles. The van der Waals surface area contributed by atoms with Crippen molar-refractivity contribution in [3.05, 3.63) is 36.3 Å². The lowest BCUT2D eigenvalue weighted by molar-refractivity contribution is 0.622. The van der Waals surface area contributed by atoms with Gasteiger partial charge in [0, 0.05) is 11.8 Å². The van der Waals surface area contributed by atoms with Crippen molar-refractivity contribution in [3.8, 4) is 11.3 Å². The Labute approximate surface area is 92.7 Å². The fourth-order valence-corrected chi connectivity index (χ4v) is 1.42. The van der Waals surface area contributed by atoms with Crippen LogP contribution in [0.25, 0.3) is 11.3 Å². The van der Waals surface area contributed by atoms with Crippen LogP contribution in [0.2, 0.25) is 0 Å². The lowest BCUT2D eigenvalue weighted by atomic mass is 10.2. The van der Waals surface area contributed by atoms with Crippen molar-refractivity contribution < 1.29 is 4.39 Å². The SMILES string of the molecule is CCC(N)c1ncc(-c2cncc(F)c2)[nH]1. The topological polar surface area (TPSA) is 67.6 Å². The van der Waals surface area contributed by atoms with Crippen LogP contribution in [-0.4, -0.2) is 15.0 Å². The highest BCUT2D eigenvalue weighted by molar-refractivity contribution is 5.56. The van der Waals surface area contributed by atoms with Gasteiger partial charge < -0.3 is 10.7 Å². The number of nitrogens with one attached hydrogen (secondary N) is 1. The number of hydrogen-bond acceptors (Lipinski definition) is 3. The molecule has 2 aromatic rings. The van der Waals surface area contributed by atoms with Crippen LogP contribution in [-0.2, 0) is 0 Å². The highest BCUT2D eigenvalue weighted by atomic mass is 19.1. The van der Waals surface area contributed by atoms with E-state index in [1.54, 1.807) is 12.4 Å². The molecule has 1 atom stereocenters. The van der Waals surface area contributed by atoms with E-state index in [9.17, 15) is 4.39 Å². The quantitative estimate of drug-likeness (QED) is 0.831. The lowest BCUT2D eigenvalue weighted by Gasteiger charge is -2.03. The van der Waals surface area contributed by atoms with E-state index in [4.69, 9.17) is 5.73 Å². The zero-order chi connectivity index (χ0) is 11.5. The number of H-pyrrole nitrogens is 1. The molecule has 84 valence electrons. The zero-order valence-electron chi connectivity index (χ0n) is 8.94. The predicted molar refractivity (Wildman–Crippen MR) is 59.0 cm³/mol. The first-order chi connectivity index (χ1) is 7.70. The molecule has 3 N–H and O–H groups in total. The van der Waals surface area contributed by atoms with Gasteiger partial charge >= 0.3 is 0 Å². The molecule has 0 saturated heterocycles. The van der Waals surface area contributed by atoms with E-state index in [0.29, 0.717) is 11.4 Å². The third-order valence-corrected chi connectivity index (χ3v) is 2.40. The van der Waals surface area contributed by atoms with Gasteiger partial charge in [0.2, 0.25) is 0 Å². The van der Waals surface area contributed by atoms with Gasteiger partial charge in [0.1, 0.15) is 11.6 Å². The molecule has 0 aliphatic carbocycles. The molecule has 2 heterocycles. The van der Waals surface area contributed by atoms with Crippen LogP contribution in [0.15, 0.2) is 24.7 Å². The number of rotatable bonds is 3. The molecule has 0 aromatic carbocycles. The highest BCUT2D eigenvalue weighted by Gasteiger charge is 2.09. The fraction of sp³-hybridized carbons (Fsp3) is 0.273. The number of aromatic nitrogens is 3. The first-order valence-electron chi connectivity index (χ1n) is 5.12. The summed E-state index contributed by atoms with van der Waals surface area (Å²) in [5.74, 6) is 0.343. The summed E-state index contributed by atoms with van der Waals surface area (Å²) in [4.78, 5) is 11.0. The summed E-state index contributed by atoms with van der Waals surface area (Å²) >= 11 is 0. The summed E-state index contributed by atoms with van der Waals surface area (Å²) in [6.07, 6.45) is 5.19. The molecule has 0 radical (unpaired) electrons. The van der Waals surface area contributed by atoms with Crippen LogP contribution in [0.3, 0.4) is 0 Å². The summed E-state index contributed by atoms with van der Waals surface area (Å²) in [5.41, 5.74) is 7.23. The van der Waals surface area contributed by atoms with Gasteiger partial charge in [0.25, 0.3) is 0 Å². The molecule has 4 nitrogen and oxygen atoms in total. The maximum absolute atomic E-state index is 13.0. The fourth-order valence-electron chi connectivity index (χ4n) is 1.42. The monoisotopic (exact) mass is 220 g/mol. The van der Waals surface area contributed by atoms with Gasteiger partial charge in [-0.15, -0.1) is 0 Å². The molecule has 5 heteroatoms. The van der Waals surface area contributed by atoms with Gasteiger partial charge in [0.15, 0.2) is 0 Å². The Bertz CT molecular complexity index is 480. The van der Waals surface area contributed by atoms with Crippen molar-refractivity contribution in [3.63, 3.8) is 0 Å². The summed E-state index contributed by atoms with van der Waals surface area (Å²) < 4.78 is 13.0. The van der Waals surface area contributed by atoms with Gasteiger partial charge in [-0.1, -0.05) is 6.92 Å². The third kappa shape index (κ3) is 2.09. The van der Waals surface area contributed by atoms with Gasteiger partial charge in [-0.05, 0) is 12.5 Å². The standard InChI is InChI=1S/C11H13FN4/c1-2-9(13)11-15-6-10(16-11)7-3-8(12)5-14-4-7/h3-6,9H,2,13H2,1H3,(H,15,16). The average Bonchev–Trinajstić information content (AvgIpc) is 2.77. The van der Waals surface area contributed by atoms with Gasteiger partial charge in [-0.25, -0.2) is 9.37 Å². The number of aromatic amines is 1. The van der Waals surface area contributed by atoms with Crippen molar-refractivity contribution in [2.24, 2.45) is 5.73 Å². The number of hydrogen-bond donors (Lipinski definition) is 2. The summed E-state index contributed by atoms with van der Waals surface area (Å²) in [7, 11) is 0. The molecule has 2 aromatic heterocycles. The largest absolute Gasteiger partial charge is 0.341 e. The predicted octanol–water partition coefficient (Wildman–Crippen LogP) is 2.02. The van der Waals surface area contributed by atoms with Crippen LogP contribution in [0.1, 0.15) is 25.2 Å². The Balaban J connectivity index is 2.31. The van der Waals surface area contributed by atoms with Gasteiger partial charge in [-0.2, -0.15) is 0 Å². The van der Waals surface area contributed by atoms with Crippen molar-refractivity contribution >= 4 is 0 Å². The van der Waals surface area contributed by atoms with E-state index in [2.05, 4.69) is 15.0 Å². The Morgan fingerprint density at radius 2 is 2.25 bits per heavy atom. The molecule has 0 bridgehead atoms. The minimum absolute atomic E-state index is 0.115. The van der Waals surface area contributed by atoms with E-state index in [1.807, 2.05) is 6.92 Å². The number of imidazole rings is 1. The van der Waals surface area contributed by atoms with Crippen LogP contribution >= 0.6 is 0 Å². The van der Waals surface area contributed by atoms with Crippen LogP contribution in [0, 0.1) is 5.82 Å². The molecule has 0 spiro atoms. The molecule has 0 amide bonds. The summed E-state index contributed by atoms with van der Waals surface area (Å²) in [6.45, 7) is 1.98. The normalized spacial score (nSPS) is 12.7. The minimum atomic E-state index is -0.367. The first-order valence-corrected chi connectivity index (χ1v) is 5.12. The number of pyridine rings is 1. The minimum Gasteiger partial charge on any atom is -0.341 e. The second-order valence-electron chi connectivity index (χ2n) is 3.59. The van der Waals surface area contributed by atoms with Crippen molar-refractivity contribution in [1.29, 1.82) is 0 Å². The molecule has 0 aliphatic rings. The number of nitrogens with zero attached hydrogens (tertiary/aromatic N) is 2. The van der Waals surface area contributed by atoms with Gasteiger partial charge in [0.05, 0.1) is 24.1 Å². The summed E-state index contributed by atoms with van der Waals surface area (Å²) in [5, 5.41) is 0. The highest BCUT2D eigenvalue weighted by Crippen LogP contribution is 2.19. The van der Waals surface area contributed by atoms with E-state index in [0.717, 1.165) is 12.1 Å². The van der Waals surface area contributed by atoms with Crippen LogP contribution < -0.4 is 5.73 Å². The third-order valence-electron chi connectivity index (χ3n) is 2.40. The van der Waals surface area contributed by atoms with Crippen molar-refractivity contribution in [2.45, 2.75) is 19.4 Å². The molecule has 2 rings (SSSR count). The molecule has 0 fully saturated rings. The Morgan fingerprint density at radius 1 is 1.44 bits per heavy atom. The van der Waals surface area contributed by atoms with E-state index >= 15 is 0 Å². The zero-order valence-corrected chi connectivity index (χ0v) is 8.94. The average molecular weight is 220 g/mol. The van der Waals surface area contributed by atoms with E-state index in [1.165, 1.54) is 12.3 Å². The Hall–Kier alpha value is -1.75. The van der Waals surface area contributed by atoms with Crippen LogP contribution in [0.5, 0.6) is 0 Å². The van der Waals surface area contributed by atoms with E-state index in [-0.39, 0.29) is 11.9 Å². The lowest BCUT2D eigenvalue weighted by Crippen LogP contribution is -2.10. The molecule has 16 heavy (non-hydrogen) atoms. The summed E-state index contributed by atoms with van der Waals surface area (Å²) in [6, 6.07) is 1.29. The molecule has 1 unspecified atom stereocenters. The van der Waals surface area contributed by atoms with Crippen molar-refractivity contribution in [1.82, 2.24) is 15.0 Å². The molecular weight excluding hydrogens is 207 g/mol. The number of nitrogens with two attached hydrogens (primary N) is 1. The smallest absolute Gasteiger partial charge is 0.142 e. The van der Waals surface area contributed by atoms with Crippen LogP contribution in [0.4, 0.5) is 4.39 Å². The maximum Gasteiger partial charge on any atom is 0.142 e. The maximum atomic E-state index is 13.0. The first kappa shape index (κ1) is 10.8. The number of halogens is 1. The second kappa shape index (κ2) is 4.40. The Morgan fingerprint density at radius 3 is 2.94 bits per heavy atom. The Kier molecular flexibility index (Phi) is 2.96.